The minimum Gasteiger partial charge on any atom is -0.308 e. The molecule has 1 aliphatic heterocycles. The quantitative estimate of drug-likeness (QED) is 0.478. The standard InChI is InChI=1S/C29H32N2O2/c1-30(2)18-19-31-20-25(28(32)23-14-8-4-9-15-23)27(22-12-6-3-7-13-22)26(21-31)29(33)24-16-10-5-11-17-24/h3-17,25-27H,18-21H2,1-2H3/t25-,26+,27-. The average molecular weight is 441 g/mol. The number of benzene rings is 3. The van der Waals surface area contributed by atoms with Crippen molar-refractivity contribution in [3.8, 4) is 0 Å². The van der Waals surface area contributed by atoms with Crippen molar-refractivity contribution >= 4 is 11.6 Å². The van der Waals surface area contributed by atoms with Crippen molar-refractivity contribution < 1.29 is 9.59 Å². The Labute approximate surface area is 196 Å². The Balaban J connectivity index is 1.76. The summed E-state index contributed by atoms with van der Waals surface area (Å²) in [6, 6.07) is 29.1. The molecule has 4 heteroatoms. The fraction of sp³-hybridized carbons (Fsp3) is 0.310. The summed E-state index contributed by atoms with van der Waals surface area (Å²) in [5.74, 6) is -0.510. The molecule has 0 radical (unpaired) electrons. The van der Waals surface area contributed by atoms with E-state index in [2.05, 4.69) is 36.0 Å². The number of ketones is 2. The molecule has 1 aliphatic rings. The van der Waals surface area contributed by atoms with E-state index >= 15 is 0 Å². The molecule has 0 N–H and O–H groups in total. The van der Waals surface area contributed by atoms with Crippen molar-refractivity contribution in [3.63, 3.8) is 0 Å². The summed E-state index contributed by atoms with van der Waals surface area (Å²) in [4.78, 5) is 32.1. The van der Waals surface area contributed by atoms with Crippen LogP contribution in [0.4, 0.5) is 0 Å². The second kappa shape index (κ2) is 10.7. The van der Waals surface area contributed by atoms with Crippen LogP contribution < -0.4 is 0 Å². The number of Topliss-reactive ketones (excluding diaryl/α,β-unsaturated/α-hetero) is 2. The monoisotopic (exact) mass is 440 g/mol. The molecule has 0 aliphatic carbocycles. The Morgan fingerprint density at radius 1 is 0.727 bits per heavy atom. The van der Waals surface area contributed by atoms with E-state index in [0.29, 0.717) is 24.2 Å². The number of hydrogen-bond acceptors (Lipinski definition) is 4. The molecular weight excluding hydrogens is 408 g/mol. The van der Waals surface area contributed by atoms with Gasteiger partial charge in [-0.25, -0.2) is 0 Å². The van der Waals surface area contributed by atoms with Gasteiger partial charge in [-0.3, -0.25) is 9.59 Å². The van der Waals surface area contributed by atoms with E-state index in [0.717, 1.165) is 18.7 Å². The van der Waals surface area contributed by atoms with Gasteiger partial charge in [0.05, 0.1) is 0 Å². The van der Waals surface area contributed by atoms with Gasteiger partial charge in [0, 0.05) is 55.1 Å². The molecule has 0 amide bonds. The summed E-state index contributed by atoms with van der Waals surface area (Å²) in [7, 11) is 4.10. The average Bonchev–Trinajstić information content (AvgIpc) is 2.87. The van der Waals surface area contributed by atoms with Crippen LogP contribution in [0.2, 0.25) is 0 Å². The summed E-state index contributed by atoms with van der Waals surface area (Å²) in [6.07, 6.45) is 0. The third kappa shape index (κ3) is 5.47. The van der Waals surface area contributed by atoms with Crippen molar-refractivity contribution in [2.75, 3.05) is 40.3 Å². The molecular formula is C29H32N2O2. The van der Waals surface area contributed by atoms with E-state index in [9.17, 15) is 9.59 Å². The minimum absolute atomic E-state index is 0.116. The van der Waals surface area contributed by atoms with E-state index in [4.69, 9.17) is 0 Å². The molecule has 0 bridgehead atoms. The van der Waals surface area contributed by atoms with Gasteiger partial charge in [-0.1, -0.05) is 91.0 Å². The van der Waals surface area contributed by atoms with Crippen LogP contribution in [0, 0.1) is 11.8 Å². The number of hydrogen-bond donors (Lipinski definition) is 0. The van der Waals surface area contributed by atoms with Crippen LogP contribution in [-0.2, 0) is 0 Å². The lowest BCUT2D eigenvalue weighted by Crippen LogP contribution is -2.51. The number of piperidine rings is 1. The van der Waals surface area contributed by atoms with Gasteiger partial charge in [0.15, 0.2) is 11.6 Å². The molecule has 33 heavy (non-hydrogen) atoms. The predicted molar refractivity (Wildman–Crippen MR) is 133 cm³/mol. The molecule has 1 fully saturated rings. The van der Waals surface area contributed by atoms with Gasteiger partial charge >= 0.3 is 0 Å². The van der Waals surface area contributed by atoms with Crippen molar-refractivity contribution in [2.24, 2.45) is 11.8 Å². The van der Waals surface area contributed by atoms with Gasteiger partial charge in [-0.05, 0) is 19.7 Å². The second-order valence-electron chi connectivity index (χ2n) is 9.17. The summed E-state index contributed by atoms with van der Waals surface area (Å²) >= 11 is 0. The molecule has 0 aromatic heterocycles. The van der Waals surface area contributed by atoms with E-state index in [1.165, 1.54) is 0 Å². The van der Waals surface area contributed by atoms with Crippen molar-refractivity contribution in [1.29, 1.82) is 0 Å². The summed E-state index contributed by atoms with van der Waals surface area (Å²) < 4.78 is 0. The van der Waals surface area contributed by atoms with Crippen LogP contribution in [0.1, 0.15) is 32.2 Å². The maximum atomic E-state index is 13.8. The van der Waals surface area contributed by atoms with Gasteiger partial charge in [0.1, 0.15) is 0 Å². The molecule has 1 saturated heterocycles. The first kappa shape index (κ1) is 23.1. The zero-order valence-corrected chi connectivity index (χ0v) is 19.4. The van der Waals surface area contributed by atoms with Gasteiger partial charge in [-0.2, -0.15) is 0 Å². The Morgan fingerprint density at radius 3 is 1.58 bits per heavy atom. The molecule has 4 rings (SSSR count). The lowest BCUT2D eigenvalue weighted by molar-refractivity contribution is 0.0560. The molecule has 0 unspecified atom stereocenters. The predicted octanol–water partition coefficient (Wildman–Crippen LogP) is 4.65. The number of rotatable bonds is 8. The molecule has 170 valence electrons. The first-order valence-corrected chi connectivity index (χ1v) is 11.6. The Hall–Kier alpha value is -3.08. The Kier molecular flexibility index (Phi) is 7.48. The van der Waals surface area contributed by atoms with Gasteiger partial charge in [0.25, 0.3) is 0 Å². The second-order valence-corrected chi connectivity index (χ2v) is 9.17. The van der Waals surface area contributed by atoms with E-state index in [1.54, 1.807) is 0 Å². The number of carbonyl (C=O) groups excluding carboxylic acids is 2. The highest BCUT2D eigenvalue weighted by Crippen LogP contribution is 2.40. The number of carbonyl (C=O) groups is 2. The molecule has 4 nitrogen and oxygen atoms in total. The van der Waals surface area contributed by atoms with E-state index < -0.39 is 0 Å². The Morgan fingerprint density at radius 2 is 1.15 bits per heavy atom. The normalized spacial score (nSPS) is 21.1. The van der Waals surface area contributed by atoms with Crippen molar-refractivity contribution in [1.82, 2.24) is 9.80 Å². The minimum atomic E-state index is -0.289. The largest absolute Gasteiger partial charge is 0.308 e. The Bertz CT molecular complexity index is 989. The first-order chi connectivity index (χ1) is 16.0. The maximum absolute atomic E-state index is 13.8. The fourth-order valence-electron chi connectivity index (χ4n) is 4.93. The van der Waals surface area contributed by atoms with E-state index in [1.807, 2.05) is 78.9 Å². The van der Waals surface area contributed by atoms with Crippen LogP contribution in [0.25, 0.3) is 0 Å². The van der Waals surface area contributed by atoms with E-state index in [-0.39, 0.29) is 29.3 Å². The lowest BCUT2D eigenvalue weighted by atomic mass is 9.68. The SMILES string of the molecule is CN(C)CCN1C[C@H](C(=O)c2ccccc2)[C@H](c2ccccc2)[C@H](C(=O)c2ccccc2)C1. The maximum Gasteiger partial charge on any atom is 0.167 e. The van der Waals surface area contributed by atoms with Crippen LogP contribution in [0.5, 0.6) is 0 Å². The molecule has 0 spiro atoms. The third-order valence-corrected chi connectivity index (χ3v) is 6.61. The summed E-state index contributed by atoms with van der Waals surface area (Å²) in [5.41, 5.74) is 2.49. The van der Waals surface area contributed by atoms with Gasteiger partial charge in [0.2, 0.25) is 0 Å². The number of nitrogens with zero attached hydrogens (tertiary/aromatic N) is 2. The first-order valence-electron chi connectivity index (χ1n) is 11.6. The van der Waals surface area contributed by atoms with Crippen LogP contribution >= 0.6 is 0 Å². The van der Waals surface area contributed by atoms with Crippen LogP contribution in [-0.4, -0.2) is 61.6 Å². The fourth-order valence-corrected chi connectivity index (χ4v) is 4.93. The van der Waals surface area contributed by atoms with Crippen LogP contribution in [0.3, 0.4) is 0 Å². The molecule has 0 saturated carbocycles. The van der Waals surface area contributed by atoms with Gasteiger partial charge in [-0.15, -0.1) is 0 Å². The smallest absolute Gasteiger partial charge is 0.167 e. The highest BCUT2D eigenvalue weighted by Gasteiger charge is 2.44. The zero-order valence-electron chi connectivity index (χ0n) is 19.4. The summed E-state index contributed by atoms with van der Waals surface area (Å²) in [6.45, 7) is 3.01. The van der Waals surface area contributed by atoms with Crippen molar-refractivity contribution in [2.45, 2.75) is 5.92 Å². The van der Waals surface area contributed by atoms with Gasteiger partial charge < -0.3 is 9.80 Å². The zero-order chi connectivity index (χ0) is 23.2. The summed E-state index contributed by atoms with van der Waals surface area (Å²) in [5, 5.41) is 0. The highest BCUT2D eigenvalue weighted by atomic mass is 16.1. The van der Waals surface area contributed by atoms with Crippen molar-refractivity contribution in [3.05, 3.63) is 108 Å². The third-order valence-electron chi connectivity index (χ3n) is 6.61. The lowest BCUT2D eigenvalue weighted by Gasteiger charge is -2.43. The number of likely N-dealkylation sites (N-methyl/N-ethyl adjacent to an activating group) is 1. The number of likely N-dealkylation sites (tertiary alicyclic amines) is 1. The molecule has 3 aromatic carbocycles. The van der Waals surface area contributed by atoms with Crippen LogP contribution in [0.15, 0.2) is 91.0 Å². The highest BCUT2D eigenvalue weighted by molar-refractivity contribution is 6.02. The molecule has 1 heterocycles. The molecule has 3 aromatic rings. The molecule has 3 atom stereocenters. The topological polar surface area (TPSA) is 40.6 Å².